The number of nitrogens with zero attached hydrogens (tertiary/aromatic N) is 2. The van der Waals surface area contributed by atoms with E-state index < -0.39 is 5.91 Å². The molecule has 18 heavy (non-hydrogen) atoms. The molecule has 0 aliphatic heterocycles. The summed E-state index contributed by atoms with van der Waals surface area (Å²) in [4.78, 5) is 17.6. The van der Waals surface area contributed by atoms with Crippen LogP contribution >= 0.6 is 0 Å². The van der Waals surface area contributed by atoms with Gasteiger partial charge in [0.15, 0.2) is 0 Å². The van der Waals surface area contributed by atoms with Gasteiger partial charge in [-0.05, 0) is 26.0 Å². The van der Waals surface area contributed by atoms with Gasteiger partial charge in [0.2, 0.25) is 0 Å². The summed E-state index contributed by atoms with van der Waals surface area (Å²) in [6, 6.07) is 2.33. The highest BCUT2D eigenvalue weighted by Crippen LogP contribution is 2.24. The minimum absolute atomic E-state index is 0.308. The maximum absolute atomic E-state index is 11.1. The molecule has 0 spiro atoms. The Labute approximate surface area is 106 Å². The lowest BCUT2D eigenvalue weighted by Gasteiger charge is -2.16. The normalized spacial score (nSPS) is 14.8. The van der Waals surface area contributed by atoms with Crippen molar-refractivity contribution in [1.29, 1.82) is 0 Å². The first-order chi connectivity index (χ1) is 8.58. The first-order valence-electron chi connectivity index (χ1n) is 6.07. The number of nitrogen functional groups attached to an aromatic ring is 1. The van der Waals surface area contributed by atoms with Crippen LogP contribution in [0.4, 0.5) is 11.5 Å². The van der Waals surface area contributed by atoms with Gasteiger partial charge in [0.05, 0.1) is 17.4 Å². The Morgan fingerprint density at radius 2 is 2.33 bits per heavy atom. The molecular formula is C12H19N5O. The van der Waals surface area contributed by atoms with Gasteiger partial charge in [-0.15, -0.1) is 0 Å². The summed E-state index contributed by atoms with van der Waals surface area (Å²) in [6.45, 7) is 1.73. The Kier molecular flexibility index (Phi) is 3.66. The van der Waals surface area contributed by atoms with Crippen molar-refractivity contribution in [3.63, 3.8) is 0 Å². The lowest BCUT2D eigenvalue weighted by atomic mass is 10.2. The highest BCUT2D eigenvalue weighted by Gasteiger charge is 2.25. The second-order valence-corrected chi connectivity index (χ2v) is 4.66. The molecule has 1 aliphatic rings. The molecule has 1 saturated carbocycles. The van der Waals surface area contributed by atoms with Crippen LogP contribution in [0.5, 0.6) is 0 Å². The Morgan fingerprint density at radius 1 is 1.61 bits per heavy atom. The standard InChI is InChI=1S/C12H19N5O/c1-17(8-2-3-8)5-4-15-11-6-9(12(14)18)10(13)7-16-11/h6-8H,2-5,13H2,1H3,(H2,14,18)(H,15,16). The first kappa shape index (κ1) is 12.6. The highest BCUT2D eigenvalue weighted by atomic mass is 16.1. The van der Waals surface area contributed by atoms with E-state index in [4.69, 9.17) is 11.5 Å². The van der Waals surface area contributed by atoms with E-state index in [2.05, 4.69) is 22.2 Å². The molecule has 1 amide bonds. The van der Waals surface area contributed by atoms with Crippen LogP contribution in [0, 0.1) is 0 Å². The van der Waals surface area contributed by atoms with Crippen molar-refractivity contribution in [2.75, 3.05) is 31.2 Å². The second-order valence-electron chi connectivity index (χ2n) is 4.66. The van der Waals surface area contributed by atoms with Crippen molar-refractivity contribution in [2.24, 2.45) is 5.73 Å². The van der Waals surface area contributed by atoms with Gasteiger partial charge in [0, 0.05) is 19.1 Å². The fourth-order valence-corrected chi connectivity index (χ4v) is 1.83. The molecular weight excluding hydrogens is 230 g/mol. The van der Waals surface area contributed by atoms with Crippen LogP contribution in [-0.2, 0) is 0 Å². The number of anilines is 2. The summed E-state index contributed by atoms with van der Waals surface area (Å²) in [6.07, 6.45) is 4.04. The van der Waals surface area contributed by atoms with Crippen molar-refractivity contribution in [1.82, 2.24) is 9.88 Å². The third kappa shape index (κ3) is 3.10. The summed E-state index contributed by atoms with van der Waals surface area (Å²) in [5.74, 6) is 0.0928. The zero-order valence-corrected chi connectivity index (χ0v) is 10.5. The zero-order valence-electron chi connectivity index (χ0n) is 10.5. The number of hydrogen-bond donors (Lipinski definition) is 3. The lowest BCUT2D eigenvalue weighted by molar-refractivity contribution is 0.100. The van der Waals surface area contributed by atoms with Crippen LogP contribution in [0.1, 0.15) is 23.2 Å². The van der Waals surface area contributed by atoms with Crippen LogP contribution < -0.4 is 16.8 Å². The largest absolute Gasteiger partial charge is 0.397 e. The van der Waals surface area contributed by atoms with Crippen LogP contribution in [0.15, 0.2) is 12.3 Å². The van der Waals surface area contributed by atoms with Gasteiger partial charge in [-0.1, -0.05) is 0 Å². The number of likely N-dealkylation sites (N-methyl/N-ethyl adjacent to an activating group) is 1. The molecule has 0 bridgehead atoms. The van der Waals surface area contributed by atoms with E-state index in [0.717, 1.165) is 19.1 Å². The van der Waals surface area contributed by atoms with Crippen molar-refractivity contribution in [3.05, 3.63) is 17.8 Å². The Bertz CT molecular complexity index is 444. The molecule has 6 heteroatoms. The molecule has 1 aromatic rings. The number of primary amides is 1. The van der Waals surface area contributed by atoms with Gasteiger partial charge < -0.3 is 21.7 Å². The number of carbonyl (C=O) groups excluding carboxylic acids is 1. The van der Waals surface area contributed by atoms with E-state index in [1.54, 1.807) is 6.07 Å². The second kappa shape index (κ2) is 5.22. The number of carbonyl (C=O) groups is 1. The maximum atomic E-state index is 11.1. The molecule has 1 heterocycles. The van der Waals surface area contributed by atoms with Gasteiger partial charge in [-0.25, -0.2) is 4.98 Å². The summed E-state index contributed by atoms with van der Waals surface area (Å²) >= 11 is 0. The van der Waals surface area contributed by atoms with Crippen molar-refractivity contribution in [2.45, 2.75) is 18.9 Å². The van der Waals surface area contributed by atoms with E-state index in [1.165, 1.54) is 19.0 Å². The van der Waals surface area contributed by atoms with E-state index >= 15 is 0 Å². The predicted molar refractivity (Wildman–Crippen MR) is 71.3 cm³/mol. The molecule has 5 N–H and O–H groups in total. The Morgan fingerprint density at radius 3 is 2.94 bits per heavy atom. The average molecular weight is 249 g/mol. The molecule has 6 nitrogen and oxygen atoms in total. The maximum Gasteiger partial charge on any atom is 0.250 e. The number of hydrogen-bond acceptors (Lipinski definition) is 5. The Balaban J connectivity index is 1.88. The van der Waals surface area contributed by atoms with Crippen LogP contribution in [0.3, 0.4) is 0 Å². The third-order valence-corrected chi connectivity index (χ3v) is 3.14. The van der Waals surface area contributed by atoms with Crippen LogP contribution in [0.25, 0.3) is 0 Å². The van der Waals surface area contributed by atoms with Gasteiger partial charge in [0.1, 0.15) is 5.82 Å². The minimum atomic E-state index is -0.534. The van der Waals surface area contributed by atoms with E-state index in [-0.39, 0.29) is 0 Å². The topological polar surface area (TPSA) is 97.3 Å². The van der Waals surface area contributed by atoms with Gasteiger partial charge >= 0.3 is 0 Å². The quantitative estimate of drug-likeness (QED) is 0.672. The van der Waals surface area contributed by atoms with Gasteiger partial charge in [-0.2, -0.15) is 0 Å². The molecule has 0 unspecified atom stereocenters. The molecule has 0 saturated heterocycles. The summed E-state index contributed by atoms with van der Waals surface area (Å²) in [5.41, 5.74) is 11.5. The lowest BCUT2D eigenvalue weighted by Crippen LogP contribution is -2.27. The number of amides is 1. The summed E-state index contributed by atoms with van der Waals surface area (Å²) in [7, 11) is 2.12. The SMILES string of the molecule is CN(CCNc1cc(C(N)=O)c(N)cn1)C1CC1. The van der Waals surface area contributed by atoms with E-state index in [0.29, 0.717) is 17.1 Å². The first-order valence-corrected chi connectivity index (χ1v) is 6.07. The fourth-order valence-electron chi connectivity index (χ4n) is 1.83. The molecule has 1 aliphatic carbocycles. The zero-order chi connectivity index (χ0) is 13.1. The molecule has 1 fully saturated rings. The molecule has 0 aromatic carbocycles. The van der Waals surface area contributed by atoms with Crippen LogP contribution in [0.2, 0.25) is 0 Å². The Hall–Kier alpha value is -1.82. The fraction of sp³-hybridized carbons (Fsp3) is 0.500. The average Bonchev–Trinajstić information content (AvgIpc) is 3.14. The molecule has 0 radical (unpaired) electrons. The number of pyridine rings is 1. The number of rotatable bonds is 6. The van der Waals surface area contributed by atoms with Crippen molar-refractivity contribution >= 4 is 17.4 Å². The number of aromatic nitrogens is 1. The van der Waals surface area contributed by atoms with E-state index in [9.17, 15) is 4.79 Å². The van der Waals surface area contributed by atoms with Crippen molar-refractivity contribution in [3.8, 4) is 0 Å². The molecule has 1 aromatic heterocycles. The van der Waals surface area contributed by atoms with Gasteiger partial charge in [0.25, 0.3) is 5.91 Å². The van der Waals surface area contributed by atoms with Gasteiger partial charge in [-0.3, -0.25) is 4.79 Å². The smallest absolute Gasteiger partial charge is 0.250 e. The van der Waals surface area contributed by atoms with Crippen molar-refractivity contribution < 1.29 is 4.79 Å². The molecule has 2 rings (SSSR count). The summed E-state index contributed by atoms with van der Waals surface area (Å²) in [5, 5.41) is 3.16. The minimum Gasteiger partial charge on any atom is -0.397 e. The van der Waals surface area contributed by atoms with Crippen LogP contribution in [-0.4, -0.2) is 42.0 Å². The predicted octanol–water partition coefficient (Wildman–Crippen LogP) is 0.269. The number of nitrogens with two attached hydrogens (primary N) is 2. The highest BCUT2D eigenvalue weighted by molar-refractivity contribution is 5.98. The van der Waals surface area contributed by atoms with E-state index in [1.807, 2.05) is 0 Å². The molecule has 98 valence electrons. The number of nitrogens with one attached hydrogen (secondary N) is 1. The molecule has 0 atom stereocenters. The monoisotopic (exact) mass is 249 g/mol. The summed E-state index contributed by atoms with van der Waals surface area (Å²) < 4.78 is 0. The third-order valence-electron chi connectivity index (χ3n) is 3.14.